The van der Waals surface area contributed by atoms with E-state index in [1.807, 2.05) is 31.5 Å². The van der Waals surface area contributed by atoms with E-state index in [0.29, 0.717) is 6.42 Å². The highest BCUT2D eigenvalue weighted by Crippen LogP contribution is 2.23. The van der Waals surface area contributed by atoms with Gasteiger partial charge < -0.3 is 15.0 Å². The molecule has 0 aromatic carbocycles. The SMILES string of the molecule is Cn1cnc2c(NC(C)(C)CCO)nccc21. The van der Waals surface area contributed by atoms with Crippen LogP contribution in [-0.2, 0) is 7.05 Å². The van der Waals surface area contributed by atoms with Gasteiger partial charge in [-0.15, -0.1) is 0 Å². The molecule has 0 spiro atoms. The Balaban J connectivity index is 2.36. The molecule has 2 aromatic heterocycles. The fourth-order valence-corrected chi connectivity index (χ4v) is 1.82. The molecule has 0 aliphatic carbocycles. The number of nitrogens with zero attached hydrogens (tertiary/aromatic N) is 3. The highest BCUT2D eigenvalue weighted by atomic mass is 16.3. The smallest absolute Gasteiger partial charge is 0.154 e. The number of rotatable bonds is 4. The van der Waals surface area contributed by atoms with Crippen LogP contribution in [0.2, 0.25) is 0 Å². The third-order valence-corrected chi connectivity index (χ3v) is 2.84. The number of imidazole rings is 1. The van der Waals surface area contributed by atoms with Crippen LogP contribution in [0, 0.1) is 0 Å². The number of hydrogen-bond acceptors (Lipinski definition) is 4. The summed E-state index contributed by atoms with van der Waals surface area (Å²) in [5.41, 5.74) is 1.71. The predicted octanol–water partition coefficient (Wildman–Crippen LogP) is 1.54. The summed E-state index contributed by atoms with van der Waals surface area (Å²) in [6.45, 7) is 4.22. The number of nitrogens with one attached hydrogen (secondary N) is 1. The van der Waals surface area contributed by atoms with E-state index in [2.05, 4.69) is 15.3 Å². The molecular weight excluding hydrogens is 216 g/mol. The number of aryl methyl sites for hydroxylation is 1. The van der Waals surface area contributed by atoms with Gasteiger partial charge in [0.15, 0.2) is 5.82 Å². The molecule has 5 heteroatoms. The zero-order chi connectivity index (χ0) is 12.5. The van der Waals surface area contributed by atoms with Gasteiger partial charge in [-0.2, -0.15) is 0 Å². The summed E-state index contributed by atoms with van der Waals surface area (Å²) < 4.78 is 1.96. The number of aromatic nitrogens is 3. The molecule has 2 aromatic rings. The van der Waals surface area contributed by atoms with Gasteiger partial charge >= 0.3 is 0 Å². The summed E-state index contributed by atoms with van der Waals surface area (Å²) in [5, 5.41) is 12.3. The molecule has 0 atom stereocenters. The van der Waals surface area contributed by atoms with Gasteiger partial charge in [0, 0.05) is 25.4 Å². The van der Waals surface area contributed by atoms with Crippen molar-refractivity contribution in [1.29, 1.82) is 0 Å². The quantitative estimate of drug-likeness (QED) is 0.842. The van der Waals surface area contributed by atoms with E-state index in [4.69, 9.17) is 5.11 Å². The molecule has 0 aliphatic heterocycles. The van der Waals surface area contributed by atoms with Crippen molar-refractivity contribution in [2.75, 3.05) is 11.9 Å². The highest BCUT2D eigenvalue weighted by molar-refractivity contribution is 5.85. The van der Waals surface area contributed by atoms with Gasteiger partial charge in [0.25, 0.3) is 0 Å². The summed E-state index contributed by atoms with van der Waals surface area (Å²) in [6, 6.07) is 1.94. The van der Waals surface area contributed by atoms with E-state index in [1.165, 1.54) is 0 Å². The van der Waals surface area contributed by atoms with E-state index in [-0.39, 0.29) is 12.1 Å². The van der Waals surface area contributed by atoms with Crippen LogP contribution in [0.5, 0.6) is 0 Å². The number of anilines is 1. The molecule has 92 valence electrons. The predicted molar refractivity (Wildman–Crippen MR) is 67.9 cm³/mol. The lowest BCUT2D eigenvalue weighted by atomic mass is 10.0. The first-order chi connectivity index (χ1) is 8.03. The molecule has 5 nitrogen and oxygen atoms in total. The number of hydrogen-bond donors (Lipinski definition) is 2. The minimum atomic E-state index is -0.201. The number of pyridine rings is 1. The van der Waals surface area contributed by atoms with Crippen LogP contribution in [-0.4, -0.2) is 31.8 Å². The Kier molecular flexibility index (Phi) is 3.02. The first-order valence-electron chi connectivity index (χ1n) is 5.68. The summed E-state index contributed by atoms with van der Waals surface area (Å²) in [7, 11) is 1.96. The van der Waals surface area contributed by atoms with Crippen molar-refractivity contribution in [3.63, 3.8) is 0 Å². The lowest BCUT2D eigenvalue weighted by molar-refractivity contribution is 0.260. The Morgan fingerprint density at radius 1 is 1.41 bits per heavy atom. The highest BCUT2D eigenvalue weighted by Gasteiger charge is 2.19. The van der Waals surface area contributed by atoms with Crippen molar-refractivity contribution in [1.82, 2.24) is 14.5 Å². The fourth-order valence-electron chi connectivity index (χ4n) is 1.82. The van der Waals surface area contributed by atoms with Crippen molar-refractivity contribution in [2.45, 2.75) is 25.8 Å². The van der Waals surface area contributed by atoms with E-state index in [1.54, 1.807) is 12.5 Å². The van der Waals surface area contributed by atoms with Crippen LogP contribution >= 0.6 is 0 Å². The molecule has 2 rings (SSSR count). The van der Waals surface area contributed by atoms with E-state index in [0.717, 1.165) is 16.9 Å². The Morgan fingerprint density at radius 3 is 2.88 bits per heavy atom. The molecule has 0 fully saturated rings. The fraction of sp³-hybridized carbons (Fsp3) is 0.500. The van der Waals surface area contributed by atoms with Crippen molar-refractivity contribution in [3.05, 3.63) is 18.6 Å². The lowest BCUT2D eigenvalue weighted by Crippen LogP contribution is -2.32. The second-order valence-electron chi connectivity index (χ2n) is 4.87. The minimum Gasteiger partial charge on any atom is -0.396 e. The average molecular weight is 234 g/mol. The summed E-state index contributed by atoms with van der Waals surface area (Å²) in [5.74, 6) is 0.765. The second-order valence-corrected chi connectivity index (χ2v) is 4.87. The van der Waals surface area contributed by atoms with Crippen LogP contribution in [0.1, 0.15) is 20.3 Å². The first-order valence-corrected chi connectivity index (χ1v) is 5.68. The van der Waals surface area contributed by atoms with Gasteiger partial charge in [0.2, 0.25) is 0 Å². The van der Waals surface area contributed by atoms with Gasteiger partial charge in [-0.1, -0.05) is 0 Å². The standard InChI is InChI=1S/C12H18N4O/c1-12(2,5-7-17)15-11-10-9(4-6-13-11)16(3)8-14-10/h4,6,8,17H,5,7H2,1-3H3,(H,13,15). The van der Waals surface area contributed by atoms with Crippen molar-refractivity contribution in [3.8, 4) is 0 Å². The molecule has 17 heavy (non-hydrogen) atoms. The molecule has 0 saturated carbocycles. The molecule has 0 radical (unpaired) electrons. The van der Waals surface area contributed by atoms with Crippen LogP contribution in [0.3, 0.4) is 0 Å². The monoisotopic (exact) mass is 234 g/mol. The molecule has 2 heterocycles. The topological polar surface area (TPSA) is 63.0 Å². The largest absolute Gasteiger partial charge is 0.396 e. The van der Waals surface area contributed by atoms with Gasteiger partial charge in [0.1, 0.15) is 5.52 Å². The Bertz CT molecular complexity index is 518. The summed E-state index contributed by atoms with van der Waals surface area (Å²) in [4.78, 5) is 8.66. The van der Waals surface area contributed by atoms with E-state index in [9.17, 15) is 0 Å². The maximum atomic E-state index is 9.02. The third kappa shape index (κ3) is 2.39. The minimum absolute atomic E-state index is 0.151. The normalized spacial score (nSPS) is 12.0. The summed E-state index contributed by atoms with van der Waals surface area (Å²) >= 11 is 0. The van der Waals surface area contributed by atoms with Crippen molar-refractivity contribution in [2.24, 2.45) is 7.05 Å². The Morgan fingerprint density at radius 2 is 2.18 bits per heavy atom. The molecule has 2 N–H and O–H groups in total. The number of aliphatic hydroxyl groups excluding tert-OH is 1. The molecular formula is C12H18N4O. The molecule has 0 amide bonds. The lowest BCUT2D eigenvalue weighted by Gasteiger charge is -2.26. The second kappa shape index (κ2) is 4.33. The molecule has 0 aliphatic rings. The maximum absolute atomic E-state index is 9.02. The van der Waals surface area contributed by atoms with Gasteiger partial charge in [-0.25, -0.2) is 9.97 Å². The Hall–Kier alpha value is -1.62. The average Bonchev–Trinajstić information content (AvgIpc) is 2.61. The van der Waals surface area contributed by atoms with E-state index >= 15 is 0 Å². The molecule has 0 unspecified atom stereocenters. The third-order valence-electron chi connectivity index (χ3n) is 2.84. The van der Waals surface area contributed by atoms with Crippen LogP contribution in [0.15, 0.2) is 18.6 Å². The molecule has 0 bridgehead atoms. The van der Waals surface area contributed by atoms with E-state index < -0.39 is 0 Å². The zero-order valence-corrected chi connectivity index (χ0v) is 10.4. The number of fused-ring (bicyclic) bond motifs is 1. The Labute approximate surface area is 101 Å². The summed E-state index contributed by atoms with van der Waals surface area (Å²) in [6.07, 6.45) is 4.20. The van der Waals surface area contributed by atoms with Crippen LogP contribution in [0.25, 0.3) is 11.0 Å². The van der Waals surface area contributed by atoms with Crippen molar-refractivity contribution >= 4 is 16.9 Å². The first kappa shape index (κ1) is 11.9. The van der Waals surface area contributed by atoms with Crippen LogP contribution < -0.4 is 5.32 Å². The maximum Gasteiger partial charge on any atom is 0.154 e. The van der Waals surface area contributed by atoms with Gasteiger partial charge in [0.05, 0.1) is 11.8 Å². The number of aliphatic hydroxyl groups is 1. The van der Waals surface area contributed by atoms with Crippen LogP contribution in [0.4, 0.5) is 5.82 Å². The van der Waals surface area contributed by atoms with Gasteiger partial charge in [-0.3, -0.25) is 0 Å². The zero-order valence-electron chi connectivity index (χ0n) is 10.4. The van der Waals surface area contributed by atoms with Crippen molar-refractivity contribution < 1.29 is 5.11 Å². The molecule has 0 saturated heterocycles. The van der Waals surface area contributed by atoms with Gasteiger partial charge in [-0.05, 0) is 26.3 Å².